The van der Waals surface area contributed by atoms with Crippen molar-refractivity contribution in [3.63, 3.8) is 0 Å². The van der Waals surface area contributed by atoms with E-state index in [1.165, 1.54) is 12.1 Å². The lowest BCUT2D eigenvalue weighted by atomic mass is 10.3. The minimum atomic E-state index is -0.495. The molecule has 7 heteroatoms. The summed E-state index contributed by atoms with van der Waals surface area (Å²) in [5.74, 6) is -0.106. The number of nitrogens with zero attached hydrogens (tertiary/aromatic N) is 3. The highest BCUT2D eigenvalue weighted by molar-refractivity contribution is 6.31. The molecule has 0 fully saturated rings. The fraction of sp³-hybridized carbons (Fsp3) is 0.273. The van der Waals surface area contributed by atoms with E-state index in [2.05, 4.69) is 15.3 Å². The number of hydrogen-bond acceptors (Lipinski definition) is 4. The lowest BCUT2D eigenvalue weighted by molar-refractivity contribution is 0.425. The predicted octanol–water partition coefficient (Wildman–Crippen LogP) is 3.13. The fourth-order valence-corrected chi connectivity index (χ4v) is 1.85. The summed E-state index contributed by atoms with van der Waals surface area (Å²) in [6.45, 7) is 2.67. The van der Waals surface area contributed by atoms with Gasteiger partial charge in [-0.3, -0.25) is 0 Å². The Morgan fingerprint density at radius 1 is 1.50 bits per heavy atom. The number of nitrogens with one attached hydrogen (secondary N) is 1. The van der Waals surface area contributed by atoms with Crippen molar-refractivity contribution in [3.05, 3.63) is 29.0 Å². The fourth-order valence-electron chi connectivity index (χ4n) is 1.39. The summed E-state index contributed by atoms with van der Waals surface area (Å²) in [6, 6.07) is 4.29. The van der Waals surface area contributed by atoms with Gasteiger partial charge in [-0.05, 0) is 25.1 Å². The zero-order valence-electron chi connectivity index (χ0n) is 9.57. The topological polar surface area (TPSA) is 40.0 Å². The molecule has 1 aromatic rings. The van der Waals surface area contributed by atoms with Crippen LogP contribution >= 0.6 is 23.2 Å². The van der Waals surface area contributed by atoms with Gasteiger partial charge in [-0.15, -0.1) is 0 Å². The van der Waals surface area contributed by atoms with Crippen molar-refractivity contribution < 1.29 is 4.39 Å². The van der Waals surface area contributed by atoms with Crippen LogP contribution in [0.15, 0.2) is 28.2 Å². The van der Waals surface area contributed by atoms with Gasteiger partial charge in [0.1, 0.15) is 5.82 Å². The van der Waals surface area contributed by atoms with Crippen LogP contribution in [0.25, 0.3) is 0 Å². The Bertz CT molecular complexity index is 504. The van der Waals surface area contributed by atoms with Gasteiger partial charge < -0.3 is 10.2 Å². The van der Waals surface area contributed by atoms with Crippen molar-refractivity contribution in [2.75, 3.05) is 11.9 Å². The Morgan fingerprint density at radius 2 is 2.28 bits per heavy atom. The van der Waals surface area contributed by atoms with E-state index in [1.807, 2.05) is 6.92 Å². The first-order chi connectivity index (χ1) is 8.60. The van der Waals surface area contributed by atoms with E-state index in [0.29, 0.717) is 11.6 Å². The van der Waals surface area contributed by atoms with Crippen LogP contribution in [0.4, 0.5) is 10.1 Å². The summed E-state index contributed by atoms with van der Waals surface area (Å²) in [5.41, 5.74) is 0.108. The quantitative estimate of drug-likeness (QED) is 0.671. The number of rotatable bonds is 2. The summed E-state index contributed by atoms with van der Waals surface area (Å²) in [6.07, 6.45) is 1.61. The SMILES string of the molecule is CCN1C=NC(Nc2ccc(F)c(Cl)c2)=NC1Cl. The highest BCUT2D eigenvalue weighted by Crippen LogP contribution is 2.20. The second kappa shape index (κ2) is 5.54. The second-order valence-corrected chi connectivity index (χ2v) is 4.39. The summed E-state index contributed by atoms with van der Waals surface area (Å²) in [4.78, 5) is 10.0. The molecule has 0 spiro atoms. The van der Waals surface area contributed by atoms with E-state index >= 15 is 0 Å². The summed E-state index contributed by atoms with van der Waals surface area (Å²) in [5, 5.41) is 2.95. The zero-order chi connectivity index (χ0) is 13.1. The zero-order valence-corrected chi connectivity index (χ0v) is 11.1. The molecule has 96 valence electrons. The molecule has 18 heavy (non-hydrogen) atoms. The third kappa shape index (κ3) is 2.91. The molecule has 1 aliphatic rings. The van der Waals surface area contributed by atoms with E-state index in [9.17, 15) is 4.39 Å². The van der Waals surface area contributed by atoms with Gasteiger partial charge in [0, 0.05) is 12.2 Å². The molecule has 1 heterocycles. The highest BCUT2D eigenvalue weighted by Gasteiger charge is 2.15. The second-order valence-electron chi connectivity index (χ2n) is 3.59. The predicted molar refractivity (Wildman–Crippen MR) is 73.0 cm³/mol. The van der Waals surface area contributed by atoms with E-state index in [0.717, 1.165) is 6.54 Å². The largest absolute Gasteiger partial charge is 0.328 e. The Labute approximate surface area is 114 Å². The first kappa shape index (κ1) is 13.1. The summed E-state index contributed by atoms with van der Waals surface area (Å²) >= 11 is 11.7. The molecule has 1 aromatic carbocycles. The molecule has 1 N–H and O–H groups in total. The number of benzene rings is 1. The third-order valence-electron chi connectivity index (χ3n) is 2.37. The lowest BCUT2D eigenvalue weighted by Gasteiger charge is -2.24. The van der Waals surface area contributed by atoms with Crippen molar-refractivity contribution in [3.8, 4) is 0 Å². The van der Waals surface area contributed by atoms with E-state index < -0.39 is 11.4 Å². The molecule has 1 aliphatic heterocycles. The van der Waals surface area contributed by atoms with Crippen LogP contribution in [0.2, 0.25) is 5.02 Å². The number of aliphatic imine (C=N–C) groups is 2. The van der Waals surface area contributed by atoms with E-state index in [1.54, 1.807) is 17.3 Å². The van der Waals surface area contributed by atoms with Gasteiger partial charge in [0.15, 0.2) is 0 Å². The maximum absolute atomic E-state index is 13.0. The van der Waals surface area contributed by atoms with Gasteiger partial charge >= 0.3 is 0 Å². The molecule has 1 unspecified atom stereocenters. The van der Waals surface area contributed by atoms with Crippen LogP contribution < -0.4 is 5.32 Å². The smallest absolute Gasteiger partial charge is 0.227 e. The monoisotopic (exact) mass is 288 g/mol. The molecular weight excluding hydrogens is 278 g/mol. The maximum Gasteiger partial charge on any atom is 0.227 e. The first-order valence-electron chi connectivity index (χ1n) is 5.34. The van der Waals surface area contributed by atoms with Crippen LogP contribution in [-0.2, 0) is 0 Å². The molecule has 2 rings (SSSR count). The molecule has 0 saturated carbocycles. The van der Waals surface area contributed by atoms with Crippen molar-refractivity contribution in [1.82, 2.24) is 4.90 Å². The van der Waals surface area contributed by atoms with Gasteiger partial charge in [-0.2, -0.15) is 0 Å². The summed E-state index contributed by atoms with van der Waals surface area (Å²) in [7, 11) is 0. The van der Waals surface area contributed by atoms with Gasteiger partial charge in [0.05, 0.1) is 11.4 Å². The standard InChI is InChI=1S/C11H11Cl2FN4/c1-2-18-6-15-11(17-10(18)13)16-7-3-4-9(14)8(12)5-7/h3-6,10H,2H2,1H3,(H,16,17). The Balaban J connectivity index is 2.11. The molecule has 0 aromatic heterocycles. The van der Waals surface area contributed by atoms with Crippen molar-refractivity contribution in [1.29, 1.82) is 0 Å². The molecule has 0 saturated heterocycles. The molecular formula is C11H11Cl2FN4. The van der Waals surface area contributed by atoms with E-state index in [4.69, 9.17) is 23.2 Å². The third-order valence-corrected chi connectivity index (χ3v) is 3.01. The van der Waals surface area contributed by atoms with Crippen LogP contribution in [0.3, 0.4) is 0 Å². The maximum atomic E-state index is 13.0. The average Bonchev–Trinajstić information content (AvgIpc) is 2.34. The molecule has 0 amide bonds. The molecule has 4 nitrogen and oxygen atoms in total. The minimum Gasteiger partial charge on any atom is -0.328 e. The number of hydrogen-bond donors (Lipinski definition) is 1. The Kier molecular flexibility index (Phi) is 4.04. The summed E-state index contributed by atoms with van der Waals surface area (Å²) < 4.78 is 13.0. The molecule has 1 atom stereocenters. The Morgan fingerprint density at radius 3 is 2.89 bits per heavy atom. The number of anilines is 1. The van der Waals surface area contributed by atoms with Gasteiger partial charge in [0.2, 0.25) is 11.6 Å². The van der Waals surface area contributed by atoms with Crippen molar-refractivity contribution >= 4 is 41.2 Å². The number of halogens is 3. The number of alkyl halides is 1. The molecule has 0 radical (unpaired) electrons. The molecule has 0 aliphatic carbocycles. The number of guanidine groups is 1. The van der Waals surface area contributed by atoms with Crippen molar-refractivity contribution in [2.45, 2.75) is 12.5 Å². The first-order valence-corrected chi connectivity index (χ1v) is 6.15. The normalized spacial score (nSPS) is 18.8. The van der Waals surface area contributed by atoms with Crippen LogP contribution in [0.5, 0.6) is 0 Å². The van der Waals surface area contributed by atoms with Crippen molar-refractivity contribution in [2.24, 2.45) is 9.98 Å². The minimum absolute atomic E-state index is 0.0398. The van der Waals surface area contributed by atoms with Crippen LogP contribution in [0, 0.1) is 5.82 Å². The Hall–Kier alpha value is -1.33. The van der Waals surface area contributed by atoms with Gasteiger partial charge in [-0.25, -0.2) is 14.4 Å². The van der Waals surface area contributed by atoms with Gasteiger partial charge in [0.25, 0.3) is 0 Å². The average molecular weight is 289 g/mol. The van der Waals surface area contributed by atoms with Crippen LogP contribution in [0.1, 0.15) is 6.92 Å². The molecule has 0 bridgehead atoms. The van der Waals surface area contributed by atoms with E-state index in [-0.39, 0.29) is 5.02 Å². The van der Waals surface area contributed by atoms with Crippen LogP contribution in [-0.4, -0.2) is 29.4 Å². The highest BCUT2D eigenvalue weighted by atomic mass is 35.5. The van der Waals surface area contributed by atoms with Gasteiger partial charge in [-0.1, -0.05) is 23.2 Å². The lowest BCUT2D eigenvalue weighted by Crippen LogP contribution is -2.34.